The summed E-state index contributed by atoms with van der Waals surface area (Å²) in [5.41, 5.74) is 3.24. The van der Waals surface area contributed by atoms with Crippen LogP contribution in [0.5, 0.6) is 0 Å². The fourth-order valence-corrected chi connectivity index (χ4v) is 1.62. The maximum Gasteiger partial charge on any atom is 0.0849 e. The van der Waals surface area contributed by atoms with Crippen molar-refractivity contribution < 1.29 is 5.21 Å². The Kier molecular flexibility index (Phi) is 3.78. The Bertz CT molecular complexity index is 618. The van der Waals surface area contributed by atoms with Crippen LogP contribution in [0.1, 0.15) is 23.6 Å². The van der Waals surface area contributed by atoms with E-state index in [4.69, 9.17) is 5.21 Å². The van der Waals surface area contributed by atoms with Crippen molar-refractivity contribution in [2.24, 2.45) is 5.16 Å². The van der Waals surface area contributed by atoms with Crippen LogP contribution in [0.3, 0.4) is 0 Å². The van der Waals surface area contributed by atoms with Crippen molar-refractivity contribution in [1.29, 1.82) is 0 Å². The Balaban J connectivity index is 2.39. The maximum absolute atomic E-state index is 8.84. The lowest BCUT2D eigenvalue weighted by Crippen LogP contribution is -1.97. The third-order valence-electron chi connectivity index (χ3n) is 2.58. The van der Waals surface area contributed by atoms with Gasteiger partial charge >= 0.3 is 0 Å². The van der Waals surface area contributed by atoms with Gasteiger partial charge in [0.15, 0.2) is 0 Å². The molecule has 88 valence electrons. The van der Waals surface area contributed by atoms with Crippen LogP contribution < -0.4 is 0 Å². The van der Waals surface area contributed by atoms with E-state index in [0.29, 0.717) is 5.71 Å². The summed E-state index contributed by atoms with van der Waals surface area (Å²) in [5, 5.41) is 12.1. The molecule has 0 radical (unpaired) electrons. The Hall–Kier alpha value is -2.53. The number of oxime groups is 1. The highest BCUT2D eigenvalue weighted by atomic mass is 16.4. The summed E-state index contributed by atoms with van der Waals surface area (Å²) in [6.07, 6.45) is 0. The van der Waals surface area contributed by atoms with Gasteiger partial charge in [0, 0.05) is 16.7 Å². The van der Waals surface area contributed by atoms with E-state index in [1.54, 1.807) is 6.92 Å². The number of benzene rings is 2. The molecular weight excluding hydrogens is 222 g/mol. The van der Waals surface area contributed by atoms with E-state index in [2.05, 4.69) is 17.0 Å². The number of hydrogen-bond donors (Lipinski definition) is 1. The van der Waals surface area contributed by atoms with Gasteiger partial charge in [0.05, 0.1) is 5.71 Å². The monoisotopic (exact) mass is 235 g/mol. The third kappa shape index (κ3) is 2.78. The average molecular weight is 235 g/mol. The van der Waals surface area contributed by atoms with Crippen LogP contribution in [0.4, 0.5) is 0 Å². The molecule has 0 aliphatic carbocycles. The van der Waals surface area contributed by atoms with E-state index in [-0.39, 0.29) is 0 Å². The van der Waals surface area contributed by atoms with Crippen molar-refractivity contribution >= 4 is 5.71 Å². The van der Waals surface area contributed by atoms with Crippen LogP contribution in [0.2, 0.25) is 0 Å². The summed E-state index contributed by atoms with van der Waals surface area (Å²) in [7, 11) is 0. The molecular formula is C16H13NO. The minimum Gasteiger partial charge on any atom is -0.411 e. The molecule has 2 heteroatoms. The van der Waals surface area contributed by atoms with E-state index >= 15 is 0 Å². The predicted octanol–water partition coefficient (Wildman–Crippen LogP) is 3.28. The molecule has 0 amide bonds. The number of hydrogen-bond acceptors (Lipinski definition) is 2. The molecule has 0 saturated carbocycles. The fraction of sp³-hybridized carbons (Fsp3) is 0.0625. The molecule has 0 aliphatic heterocycles. The van der Waals surface area contributed by atoms with Crippen LogP contribution >= 0.6 is 0 Å². The van der Waals surface area contributed by atoms with Gasteiger partial charge in [0.1, 0.15) is 0 Å². The van der Waals surface area contributed by atoms with Crippen LogP contribution in [-0.2, 0) is 0 Å². The Labute approximate surface area is 107 Å². The van der Waals surface area contributed by atoms with E-state index in [9.17, 15) is 0 Å². The highest BCUT2D eigenvalue weighted by Crippen LogP contribution is 2.09. The zero-order valence-corrected chi connectivity index (χ0v) is 10.1. The average Bonchev–Trinajstić information content (AvgIpc) is 2.45. The number of rotatable bonds is 1. The highest BCUT2D eigenvalue weighted by molar-refractivity contribution is 6.00. The van der Waals surface area contributed by atoms with Gasteiger partial charge in [0.2, 0.25) is 0 Å². The second-order valence-corrected chi connectivity index (χ2v) is 3.85. The van der Waals surface area contributed by atoms with Gasteiger partial charge in [-0.15, -0.1) is 0 Å². The molecule has 1 N–H and O–H groups in total. The predicted molar refractivity (Wildman–Crippen MR) is 72.9 cm³/mol. The Morgan fingerprint density at radius 3 is 2.33 bits per heavy atom. The molecule has 2 aromatic rings. The highest BCUT2D eigenvalue weighted by Gasteiger charge is 2.02. The van der Waals surface area contributed by atoms with Crippen LogP contribution in [0, 0.1) is 11.8 Å². The second kappa shape index (κ2) is 5.70. The first-order chi connectivity index (χ1) is 8.81. The normalized spacial score (nSPS) is 10.6. The standard InChI is InChI=1S/C16H13NO/c1-13(17-18)16-10-6-5-9-15(16)12-11-14-7-3-2-4-8-14/h2-10,18H,1H3/b17-13-. The van der Waals surface area contributed by atoms with Crippen molar-refractivity contribution in [3.63, 3.8) is 0 Å². The molecule has 0 atom stereocenters. The lowest BCUT2D eigenvalue weighted by atomic mass is 10.0. The van der Waals surface area contributed by atoms with Crippen molar-refractivity contribution in [3.05, 3.63) is 71.3 Å². The molecule has 2 nitrogen and oxygen atoms in total. The maximum atomic E-state index is 8.84. The van der Waals surface area contributed by atoms with Crippen molar-refractivity contribution in [2.75, 3.05) is 0 Å². The summed E-state index contributed by atoms with van der Waals surface area (Å²) in [4.78, 5) is 0. The largest absolute Gasteiger partial charge is 0.411 e. The van der Waals surface area contributed by atoms with Crippen molar-refractivity contribution in [3.8, 4) is 11.8 Å². The minimum atomic E-state index is 0.563. The fourth-order valence-electron chi connectivity index (χ4n) is 1.62. The summed E-state index contributed by atoms with van der Waals surface area (Å²) in [6, 6.07) is 17.4. The SMILES string of the molecule is C/C(=N/O)c1ccccc1C#Cc1ccccc1. The van der Waals surface area contributed by atoms with Crippen LogP contribution in [0.25, 0.3) is 0 Å². The van der Waals surface area contributed by atoms with Gasteiger partial charge in [-0.05, 0) is 25.1 Å². The molecule has 2 aromatic carbocycles. The van der Waals surface area contributed by atoms with Crippen LogP contribution in [0.15, 0.2) is 59.8 Å². The molecule has 0 heterocycles. The molecule has 0 saturated heterocycles. The van der Waals surface area contributed by atoms with Gasteiger partial charge < -0.3 is 5.21 Å². The quantitative estimate of drug-likeness (QED) is 0.350. The number of nitrogens with zero attached hydrogens (tertiary/aromatic N) is 1. The Morgan fingerprint density at radius 2 is 1.61 bits per heavy atom. The Morgan fingerprint density at radius 1 is 0.944 bits per heavy atom. The first kappa shape index (κ1) is 11.9. The van der Waals surface area contributed by atoms with E-state index in [0.717, 1.165) is 16.7 Å². The topological polar surface area (TPSA) is 32.6 Å². The van der Waals surface area contributed by atoms with Gasteiger partial charge in [-0.1, -0.05) is 53.4 Å². The second-order valence-electron chi connectivity index (χ2n) is 3.85. The summed E-state index contributed by atoms with van der Waals surface area (Å²) in [6.45, 7) is 1.75. The van der Waals surface area contributed by atoms with E-state index in [1.165, 1.54) is 0 Å². The zero-order valence-electron chi connectivity index (χ0n) is 10.1. The smallest absolute Gasteiger partial charge is 0.0849 e. The van der Waals surface area contributed by atoms with E-state index in [1.807, 2.05) is 54.6 Å². The van der Waals surface area contributed by atoms with Gasteiger partial charge in [0.25, 0.3) is 0 Å². The lowest BCUT2D eigenvalue weighted by molar-refractivity contribution is 0.319. The molecule has 0 aliphatic rings. The van der Waals surface area contributed by atoms with Crippen LogP contribution in [-0.4, -0.2) is 10.9 Å². The third-order valence-corrected chi connectivity index (χ3v) is 2.58. The molecule has 0 spiro atoms. The zero-order chi connectivity index (χ0) is 12.8. The molecule has 0 fully saturated rings. The lowest BCUT2D eigenvalue weighted by Gasteiger charge is -2.01. The molecule has 18 heavy (non-hydrogen) atoms. The van der Waals surface area contributed by atoms with Gasteiger partial charge in [-0.25, -0.2) is 0 Å². The first-order valence-corrected chi connectivity index (χ1v) is 5.66. The van der Waals surface area contributed by atoms with Gasteiger partial charge in [-0.3, -0.25) is 0 Å². The molecule has 0 bridgehead atoms. The summed E-state index contributed by atoms with van der Waals surface area (Å²) in [5.74, 6) is 6.20. The van der Waals surface area contributed by atoms with E-state index < -0.39 is 0 Å². The summed E-state index contributed by atoms with van der Waals surface area (Å²) < 4.78 is 0. The molecule has 0 aromatic heterocycles. The molecule has 2 rings (SSSR count). The van der Waals surface area contributed by atoms with Crippen molar-refractivity contribution in [2.45, 2.75) is 6.92 Å². The summed E-state index contributed by atoms with van der Waals surface area (Å²) >= 11 is 0. The van der Waals surface area contributed by atoms with Crippen molar-refractivity contribution in [1.82, 2.24) is 0 Å². The van der Waals surface area contributed by atoms with Gasteiger partial charge in [-0.2, -0.15) is 0 Å². The minimum absolute atomic E-state index is 0.563. The first-order valence-electron chi connectivity index (χ1n) is 5.66. The molecule has 0 unspecified atom stereocenters.